The summed E-state index contributed by atoms with van der Waals surface area (Å²) >= 11 is 5.88. The molecule has 2 aromatic carbocycles. The zero-order valence-electron chi connectivity index (χ0n) is 13.1. The predicted octanol–water partition coefficient (Wildman–Crippen LogP) is 3.74. The van der Waals surface area contributed by atoms with Gasteiger partial charge in [0.05, 0.1) is 12.3 Å². The fourth-order valence-electron chi connectivity index (χ4n) is 2.57. The summed E-state index contributed by atoms with van der Waals surface area (Å²) in [6, 6.07) is 13.0. The number of hydrogen-bond donors (Lipinski definition) is 0. The summed E-state index contributed by atoms with van der Waals surface area (Å²) in [6.45, 7) is 0.371. The number of carbonyl (C=O) groups excluding carboxylic acids is 1. The van der Waals surface area contributed by atoms with Gasteiger partial charge in [0.1, 0.15) is 5.82 Å². The van der Waals surface area contributed by atoms with E-state index >= 15 is 0 Å². The third-order valence-corrected chi connectivity index (χ3v) is 4.06. The number of nitrogens with zero attached hydrogens (tertiary/aromatic N) is 2. The van der Waals surface area contributed by atoms with Crippen LogP contribution in [0, 0.1) is 5.82 Å². The molecule has 24 heavy (non-hydrogen) atoms. The summed E-state index contributed by atoms with van der Waals surface area (Å²) in [4.78, 5) is 19.3. The summed E-state index contributed by atoms with van der Waals surface area (Å²) in [7, 11) is 1.66. The van der Waals surface area contributed by atoms with Gasteiger partial charge >= 0.3 is 0 Å². The molecule has 0 bridgehead atoms. The largest absolute Gasteiger partial charge is 0.390 e. The quantitative estimate of drug-likeness (QED) is 0.846. The van der Waals surface area contributed by atoms with Crippen molar-refractivity contribution in [2.24, 2.45) is 5.16 Å². The standard InChI is InChI=1S/C18H16ClFN2O2/c1-22(18(23)13-3-2-4-15(20)9-13)11-16-10-17(21-24-16)12-5-7-14(19)8-6-12/h2-9,16H,10-11H2,1H3. The van der Waals surface area contributed by atoms with E-state index < -0.39 is 5.82 Å². The van der Waals surface area contributed by atoms with Crippen LogP contribution in [0.5, 0.6) is 0 Å². The number of likely N-dealkylation sites (N-methyl/N-ethyl adjacent to an activating group) is 1. The summed E-state index contributed by atoms with van der Waals surface area (Å²) in [5.41, 5.74) is 2.08. The summed E-state index contributed by atoms with van der Waals surface area (Å²) < 4.78 is 13.2. The van der Waals surface area contributed by atoms with Crippen molar-refractivity contribution in [1.82, 2.24) is 4.90 Å². The molecule has 1 heterocycles. The Labute approximate surface area is 144 Å². The molecule has 124 valence electrons. The maximum absolute atomic E-state index is 13.2. The zero-order chi connectivity index (χ0) is 17.1. The Hall–Kier alpha value is -2.40. The first-order chi connectivity index (χ1) is 11.5. The summed E-state index contributed by atoms with van der Waals surface area (Å²) in [5, 5.41) is 4.75. The van der Waals surface area contributed by atoms with Crippen molar-refractivity contribution in [3.05, 3.63) is 70.5 Å². The molecule has 0 saturated carbocycles. The Morgan fingerprint density at radius 1 is 1.33 bits per heavy atom. The van der Waals surface area contributed by atoms with Gasteiger partial charge < -0.3 is 9.74 Å². The van der Waals surface area contributed by atoms with Crippen molar-refractivity contribution in [2.45, 2.75) is 12.5 Å². The first kappa shape index (κ1) is 16.5. The van der Waals surface area contributed by atoms with Gasteiger partial charge in [0.2, 0.25) is 0 Å². The average Bonchev–Trinajstić information content (AvgIpc) is 3.03. The topological polar surface area (TPSA) is 41.9 Å². The molecule has 1 aliphatic rings. The average molecular weight is 347 g/mol. The van der Waals surface area contributed by atoms with Crippen LogP contribution in [0.1, 0.15) is 22.3 Å². The van der Waals surface area contributed by atoms with E-state index in [9.17, 15) is 9.18 Å². The molecule has 2 aromatic rings. The molecule has 1 unspecified atom stereocenters. The second-order valence-corrected chi connectivity index (χ2v) is 6.11. The van der Waals surface area contributed by atoms with E-state index in [0.717, 1.165) is 11.3 Å². The molecule has 0 spiro atoms. The number of carbonyl (C=O) groups is 1. The van der Waals surface area contributed by atoms with Crippen LogP contribution in [0.2, 0.25) is 5.02 Å². The minimum absolute atomic E-state index is 0.224. The molecule has 6 heteroatoms. The van der Waals surface area contributed by atoms with E-state index in [4.69, 9.17) is 16.4 Å². The molecule has 0 fully saturated rings. The molecule has 4 nitrogen and oxygen atoms in total. The Morgan fingerprint density at radius 3 is 2.79 bits per heavy atom. The molecule has 0 radical (unpaired) electrons. The minimum Gasteiger partial charge on any atom is -0.390 e. The molecule has 0 aromatic heterocycles. The molecular weight excluding hydrogens is 331 g/mol. The van der Waals surface area contributed by atoms with Gasteiger partial charge in [-0.05, 0) is 35.9 Å². The number of rotatable bonds is 4. The zero-order valence-corrected chi connectivity index (χ0v) is 13.8. The van der Waals surface area contributed by atoms with Gasteiger partial charge in [-0.15, -0.1) is 0 Å². The van der Waals surface area contributed by atoms with Crippen molar-refractivity contribution in [3.8, 4) is 0 Å². The normalized spacial score (nSPS) is 16.5. The highest BCUT2D eigenvalue weighted by Crippen LogP contribution is 2.19. The lowest BCUT2D eigenvalue weighted by Crippen LogP contribution is -2.34. The SMILES string of the molecule is CN(CC1CC(c2ccc(Cl)cc2)=NO1)C(=O)c1cccc(F)c1. The maximum atomic E-state index is 13.2. The monoisotopic (exact) mass is 346 g/mol. The van der Waals surface area contributed by atoms with E-state index in [1.165, 1.54) is 23.1 Å². The van der Waals surface area contributed by atoms with Crippen molar-refractivity contribution in [1.29, 1.82) is 0 Å². The highest BCUT2D eigenvalue weighted by Gasteiger charge is 2.25. The van der Waals surface area contributed by atoms with Crippen LogP contribution >= 0.6 is 11.6 Å². The van der Waals surface area contributed by atoms with Gasteiger partial charge in [-0.25, -0.2) is 4.39 Å². The van der Waals surface area contributed by atoms with Gasteiger partial charge in [0.15, 0.2) is 6.10 Å². The smallest absolute Gasteiger partial charge is 0.253 e. The van der Waals surface area contributed by atoms with E-state index in [-0.39, 0.29) is 12.0 Å². The van der Waals surface area contributed by atoms with Crippen LogP contribution in [-0.4, -0.2) is 36.2 Å². The van der Waals surface area contributed by atoms with Crippen LogP contribution in [0.15, 0.2) is 53.7 Å². The second kappa shape index (κ2) is 7.01. The Bertz CT molecular complexity index is 777. The molecule has 0 aliphatic carbocycles. The highest BCUT2D eigenvalue weighted by molar-refractivity contribution is 6.30. The van der Waals surface area contributed by atoms with E-state index in [1.54, 1.807) is 25.2 Å². The lowest BCUT2D eigenvalue weighted by atomic mass is 10.0. The van der Waals surface area contributed by atoms with Crippen molar-refractivity contribution >= 4 is 23.2 Å². The Kier molecular flexibility index (Phi) is 4.81. The fourth-order valence-corrected chi connectivity index (χ4v) is 2.70. The molecule has 3 rings (SSSR count). The van der Waals surface area contributed by atoms with Crippen LogP contribution in [-0.2, 0) is 4.84 Å². The lowest BCUT2D eigenvalue weighted by molar-refractivity contribution is 0.0482. The third kappa shape index (κ3) is 3.74. The molecular formula is C18H16ClFN2O2. The Morgan fingerprint density at radius 2 is 2.08 bits per heavy atom. The van der Waals surface area contributed by atoms with Crippen LogP contribution in [0.25, 0.3) is 0 Å². The summed E-state index contributed by atoms with van der Waals surface area (Å²) in [6.07, 6.45) is 0.376. The molecule has 1 atom stereocenters. The minimum atomic E-state index is -0.431. The van der Waals surface area contributed by atoms with Gasteiger partial charge in [0, 0.05) is 24.1 Å². The van der Waals surface area contributed by atoms with E-state index in [2.05, 4.69) is 5.16 Å². The third-order valence-electron chi connectivity index (χ3n) is 3.81. The molecule has 1 aliphatic heterocycles. The van der Waals surface area contributed by atoms with Crippen LogP contribution in [0.3, 0.4) is 0 Å². The number of oxime groups is 1. The lowest BCUT2D eigenvalue weighted by Gasteiger charge is -2.20. The first-order valence-corrected chi connectivity index (χ1v) is 7.90. The highest BCUT2D eigenvalue weighted by atomic mass is 35.5. The molecule has 0 saturated heterocycles. The second-order valence-electron chi connectivity index (χ2n) is 5.67. The van der Waals surface area contributed by atoms with E-state index in [1.807, 2.05) is 12.1 Å². The summed E-state index contributed by atoms with van der Waals surface area (Å²) in [5.74, 6) is -0.683. The van der Waals surface area contributed by atoms with Gasteiger partial charge in [-0.2, -0.15) is 0 Å². The maximum Gasteiger partial charge on any atom is 0.253 e. The number of amides is 1. The fraction of sp³-hybridized carbons (Fsp3) is 0.222. The van der Waals surface area contributed by atoms with Crippen molar-refractivity contribution < 1.29 is 14.0 Å². The van der Waals surface area contributed by atoms with Crippen LogP contribution in [0.4, 0.5) is 4.39 Å². The van der Waals surface area contributed by atoms with Gasteiger partial charge in [-0.1, -0.05) is 35.0 Å². The van der Waals surface area contributed by atoms with Crippen molar-refractivity contribution in [2.75, 3.05) is 13.6 Å². The molecule has 0 N–H and O–H groups in total. The van der Waals surface area contributed by atoms with Gasteiger partial charge in [0.25, 0.3) is 5.91 Å². The van der Waals surface area contributed by atoms with Crippen molar-refractivity contribution in [3.63, 3.8) is 0 Å². The number of benzene rings is 2. The first-order valence-electron chi connectivity index (χ1n) is 7.52. The van der Waals surface area contributed by atoms with E-state index in [0.29, 0.717) is 23.6 Å². The van der Waals surface area contributed by atoms with Crippen LogP contribution < -0.4 is 0 Å². The van der Waals surface area contributed by atoms with Gasteiger partial charge in [-0.3, -0.25) is 4.79 Å². The molecule has 1 amide bonds. The number of halogens is 2. The Balaban J connectivity index is 1.59. The number of hydrogen-bond acceptors (Lipinski definition) is 3. The predicted molar refractivity (Wildman–Crippen MR) is 90.8 cm³/mol.